The Balaban J connectivity index is 1.15. The number of aryl methyl sites for hydroxylation is 2. The molecule has 1 amide bonds. The summed E-state index contributed by atoms with van der Waals surface area (Å²) in [6.07, 6.45) is 6.48. The molecule has 1 fully saturated rings. The Morgan fingerprint density at radius 2 is 2.06 bits per heavy atom. The van der Waals surface area contributed by atoms with Crippen LogP contribution in [0.4, 0.5) is 13.2 Å². The van der Waals surface area contributed by atoms with Crippen LogP contribution in [0.5, 0.6) is 0 Å². The van der Waals surface area contributed by atoms with Crippen molar-refractivity contribution in [1.29, 1.82) is 0 Å². The molecule has 2 aliphatic rings. The summed E-state index contributed by atoms with van der Waals surface area (Å²) in [4.78, 5) is 25.4. The van der Waals surface area contributed by atoms with E-state index in [4.69, 9.17) is 0 Å². The van der Waals surface area contributed by atoms with Gasteiger partial charge in [0.2, 0.25) is 5.91 Å². The zero-order chi connectivity index (χ0) is 24.1. The summed E-state index contributed by atoms with van der Waals surface area (Å²) in [7, 11) is 0. The van der Waals surface area contributed by atoms with Gasteiger partial charge in [0.1, 0.15) is 0 Å². The van der Waals surface area contributed by atoms with Crippen LogP contribution in [-0.4, -0.2) is 46.1 Å². The third kappa shape index (κ3) is 7.61. The maximum atomic E-state index is 12.5. The number of hydrogen-bond acceptors (Lipinski definition) is 6. The van der Waals surface area contributed by atoms with Crippen molar-refractivity contribution >= 4 is 34.7 Å². The number of hydrogen-bond donors (Lipinski definition) is 1. The maximum absolute atomic E-state index is 12.5. The van der Waals surface area contributed by atoms with Crippen molar-refractivity contribution in [2.75, 3.05) is 13.1 Å². The number of thiazole rings is 2. The van der Waals surface area contributed by atoms with E-state index in [1.807, 2.05) is 13.0 Å². The Hall–Kier alpha value is -1.78. The van der Waals surface area contributed by atoms with Crippen LogP contribution in [0.3, 0.4) is 0 Å². The molecule has 0 unspecified atom stereocenters. The lowest BCUT2D eigenvalue weighted by atomic mass is 9.84. The molecule has 0 spiro atoms. The summed E-state index contributed by atoms with van der Waals surface area (Å²) in [6.45, 7) is 4.63. The average molecular weight is 513 g/mol. The molecule has 1 aliphatic carbocycles. The first-order chi connectivity index (χ1) is 16.2. The van der Waals surface area contributed by atoms with Gasteiger partial charge in [-0.2, -0.15) is 13.2 Å². The zero-order valence-corrected chi connectivity index (χ0v) is 21.0. The van der Waals surface area contributed by atoms with Gasteiger partial charge in [-0.25, -0.2) is 9.97 Å². The summed E-state index contributed by atoms with van der Waals surface area (Å²) in [5.74, 6) is 0.611. The molecule has 0 atom stereocenters. The Morgan fingerprint density at radius 1 is 1.26 bits per heavy atom. The van der Waals surface area contributed by atoms with Gasteiger partial charge in [-0.1, -0.05) is 0 Å². The Morgan fingerprint density at radius 3 is 2.76 bits per heavy atom. The second-order valence-electron chi connectivity index (χ2n) is 9.25. The van der Waals surface area contributed by atoms with E-state index in [-0.39, 0.29) is 18.4 Å². The number of carbonyl (C=O) groups excluding carboxylic acids is 1. The lowest BCUT2D eigenvalue weighted by molar-refractivity contribution is -0.134. The second kappa shape index (κ2) is 11.3. The van der Waals surface area contributed by atoms with Crippen molar-refractivity contribution < 1.29 is 18.0 Å². The van der Waals surface area contributed by atoms with E-state index in [9.17, 15) is 18.0 Å². The van der Waals surface area contributed by atoms with Crippen LogP contribution in [0.2, 0.25) is 0 Å². The SMILES string of the molecule is Cc1ncc(/C=C/C(=O)NC2CCC(CCN3CCc4sc(CCC(F)(F)F)nc4C3)CC2)s1. The van der Waals surface area contributed by atoms with Gasteiger partial charge in [-0.15, -0.1) is 22.7 Å². The van der Waals surface area contributed by atoms with Crippen LogP contribution in [0.1, 0.15) is 64.0 Å². The van der Waals surface area contributed by atoms with E-state index in [2.05, 4.69) is 20.2 Å². The highest BCUT2D eigenvalue weighted by Gasteiger charge is 2.29. The first kappa shape index (κ1) is 25.3. The molecule has 3 heterocycles. The van der Waals surface area contributed by atoms with Crippen LogP contribution in [-0.2, 0) is 24.2 Å². The Kier molecular flexibility index (Phi) is 8.42. The molecular weight excluding hydrogens is 481 g/mol. The maximum Gasteiger partial charge on any atom is 0.389 e. The predicted octanol–water partition coefficient (Wildman–Crippen LogP) is 5.54. The van der Waals surface area contributed by atoms with Crippen LogP contribution < -0.4 is 5.32 Å². The number of aromatic nitrogens is 2. The minimum absolute atomic E-state index is 0.0123. The number of nitrogens with zero attached hydrogens (tertiary/aromatic N) is 3. The number of nitrogens with one attached hydrogen (secondary N) is 1. The molecular formula is C24H31F3N4OS2. The second-order valence-corrected chi connectivity index (χ2v) is 11.7. The topological polar surface area (TPSA) is 58.1 Å². The minimum atomic E-state index is -4.13. The fourth-order valence-electron chi connectivity index (χ4n) is 4.68. The summed E-state index contributed by atoms with van der Waals surface area (Å²) >= 11 is 3.02. The third-order valence-corrected chi connectivity index (χ3v) is 8.65. The van der Waals surface area contributed by atoms with Gasteiger partial charge in [0.15, 0.2) is 0 Å². The van der Waals surface area contributed by atoms with Crippen molar-refractivity contribution in [2.45, 2.75) is 77.1 Å². The van der Waals surface area contributed by atoms with Gasteiger partial charge in [-0.3, -0.25) is 9.69 Å². The zero-order valence-electron chi connectivity index (χ0n) is 19.4. The highest BCUT2D eigenvalue weighted by atomic mass is 32.1. The molecule has 4 rings (SSSR count). The number of rotatable bonds is 8. The molecule has 34 heavy (non-hydrogen) atoms. The first-order valence-corrected chi connectivity index (χ1v) is 13.5. The van der Waals surface area contributed by atoms with Crippen LogP contribution >= 0.6 is 22.7 Å². The molecule has 0 saturated heterocycles. The molecule has 1 N–H and O–H groups in total. The number of carbonyl (C=O) groups is 1. The molecule has 10 heteroatoms. The number of amides is 1. The van der Waals surface area contributed by atoms with Gasteiger partial charge < -0.3 is 5.32 Å². The monoisotopic (exact) mass is 512 g/mol. The first-order valence-electron chi connectivity index (χ1n) is 11.9. The fourth-order valence-corrected chi connectivity index (χ4v) is 6.43. The summed E-state index contributed by atoms with van der Waals surface area (Å²) < 4.78 is 37.5. The van der Waals surface area contributed by atoms with Crippen molar-refractivity contribution in [3.05, 3.63) is 37.7 Å². The highest BCUT2D eigenvalue weighted by molar-refractivity contribution is 7.12. The van der Waals surface area contributed by atoms with Gasteiger partial charge in [0.05, 0.1) is 15.7 Å². The fraction of sp³-hybridized carbons (Fsp3) is 0.625. The van der Waals surface area contributed by atoms with Crippen LogP contribution in [0.15, 0.2) is 12.3 Å². The van der Waals surface area contributed by atoms with E-state index in [1.54, 1.807) is 23.6 Å². The van der Waals surface area contributed by atoms with Crippen LogP contribution in [0.25, 0.3) is 6.08 Å². The van der Waals surface area contributed by atoms with Crippen molar-refractivity contribution in [1.82, 2.24) is 20.2 Å². The lowest BCUT2D eigenvalue weighted by Gasteiger charge is -2.31. The van der Waals surface area contributed by atoms with Gasteiger partial charge in [-0.05, 0) is 64.0 Å². The van der Waals surface area contributed by atoms with E-state index in [1.165, 1.54) is 11.3 Å². The van der Waals surface area contributed by atoms with E-state index >= 15 is 0 Å². The molecule has 1 aliphatic heterocycles. The quantitative estimate of drug-likeness (QED) is 0.472. The molecule has 0 aromatic carbocycles. The largest absolute Gasteiger partial charge is 0.389 e. The van der Waals surface area contributed by atoms with E-state index < -0.39 is 12.6 Å². The summed E-state index contributed by atoms with van der Waals surface area (Å²) in [6, 6.07) is 0.235. The summed E-state index contributed by atoms with van der Waals surface area (Å²) in [5.41, 5.74) is 0.974. The van der Waals surface area contributed by atoms with E-state index in [0.29, 0.717) is 10.9 Å². The Labute approximate surface area is 206 Å². The normalized spacial score (nSPS) is 21.6. The molecule has 2 aromatic heterocycles. The number of halogens is 3. The van der Waals surface area contributed by atoms with Crippen molar-refractivity contribution in [3.63, 3.8) is 0 Å². The van der Waals surface area contributed by atoms with Gasteiger partial charge in [0, 0.05) is 54.0 Å². The molecule has 5 nitrogen and oxygen atoms in total. The highest BCUT2D eigenvalue weighted by Crippen LogP contribution is 2.31. The number of alkyl halides is 3. The summed E-state index contributed by atoms with van der Waals surface area (Å²) in [5, 5.41) is 4.72. The molecule has 186 valence electrons. The third-order valence-electron chi connectivity index (χ3n) is 6.56. The standard InChI is InChI=1S/C24H31F3N4OS2/c1-16-28-14-19(33-16)6-7-22(32)29-18-4-2-17(3-5-18)9-12-31-13-10-21-20(15-31)30-23(34-21)8-11-24(25,26)27/h6-7,14,17-18H,2-5,8-13,15H2,1H3,(H,29,32)/b7-6+. The predicted molar refractivity (Wildman–Crippen MR) is 130 cm³/mol. The van der Waals surface area contributed by atoms with Gasteiger partial charge in [0.25, 0.3) is 0 Å². The minimum Gasteiger partial charge on any atom is -0.350 e. The van der Waals surface area contributed by atoms with E-state index in [0.717, 1.165) is 78.6 Å². The molecule has 1 saturated carbocycles. The Bertz CT molecular complexity index is 993. The van der Waals surface area contributed by atoms with Gasteiger partial charge >= 0.3 is 6.18 Å². The number of fused-ring (bicyclic) bond motifs is 1. The smallest absolute Gasteiger partial charge is 0.350 e. The van der Waals surface area contributed by atoms with Crippen LogP contribution in [0, 0.1) is 12.8 Å². The molecule has 0 bridgehead atoms. The molecule has 2 aromatic rings. The molecule has 0 radical (unpaired) electrons. The lowest BCUT2D eigenvalue weighted by Crippen LogP contribution is -2.37. The van der Waals surface area contributed by atoms with Crippen molar-refractivity contribution in [3.8, 4) is 0 Å². The average Bonchev–Trinajstić information content (AvgIpc) is 3.40. The van der Waals surface area contributed by atoms with Crippen molar-refractivity contribution in [2.24, 2.45) is 5.92 Å².